The maximum Gasteiger partial charge on any atom is 0.319 e. The Morgan fingerprint density at radius 1 is 1.08 bits per heavy atom. The number of urea groups is 1. The smallest absolute Gasteiger partial charge is 0.319 e. The monoisotopic (exact) mass is 371 g/mol. The number of hydrogen-bond donors (Lipinski definition) is 4. The van der Waals surface area contributed by atoms with Gasteiger partial charge in [-0.2, -0.15) is 0 Å². The summed E-state index contributed by atoms with van der Waals surface area (Å²) in [6.45, 7) is 0.00809. The first-order valence-corrected chi connectivity index (χ1v) is 8.71. The van der Waals surface area contributed by atoms with E-state index < -0.39 is 12.1 Å². The van der Waals surface area contributed by atoms with Gasteiger partial charge in [-0.25, -0.2) is 4.79 Å². The molecule has 134 valence electrons. The second kappa shape index (κ2) is 8.32. The van der Waals surface area contributed by atoms with Crippen LogP contribution in [-0.2, 0) is 0 Å². The minimum Gasteiger partial charge on any atom is -0.467 e. The van der Waals surface area contributed by atoms with Crippen LogP contribution in [0.1, 0.15) is 21.5 Å². The van der Waals surface area contributed by atoms with Crippen LogP contribution in [0.5, 0.6) is 0 Å². The summed E-state index contributed by atoms with van der Waals surface area (Å²) in [6, 6.07) is 13.2. The molecular formula is C18H17N3O4S. The van der Waals surface area contributed by atoms with Crippen LogP contribution in [0.2, 0.25) is 0 Å². The van der Waals surface area contributed by atoms with Gasteiger partial charge < -0.3 is 25.5 Å². The molecule has 1 atom stereocenters. The summed E-state index contributed by atoms with van der Waals surface area (Å²) in [6.07, 6.45) is 0.529. The van der Waals surface area contributed by atoms with Gasteiger partial charge in [-0.15, -0.1) is 11.3 Å². The van der Waals surface area contributed by atoms with E-state index in [-0.39, 0.29) is 12.5 Å². The van der Waals surface area contributed by atoms with Crippen molar-refractivity contribution in [2.24, 2.45) is 0 Å². The Bertz CT molecular complexity index is 862. The summed E-state index contributed by atoms with van der Waals surface area (Å²) < 4.78 is 5.07. The molecule has 7 nitrogen and oxygen atoms in total. The van der Waals surface area contributed by atoms with E-state index in [1.165, 1.54) is 17.6 Å². The van der Waals surface area contributed by atoms with Crippen molar-refractivity contribution < 1.29 is 19.1 Å². The molecule has 1 aromatic carbocycles. The van der Waals surface area contributed by atoms with Gasteiger partial charge in [0, 0.05) is 11.4 Å². The molecule has 0 aliphatic carbocycles. The van der Waals surface area contributed by atoms with Gasteiger partial charge >= 0.3 is 6.03 Å². The molecule has 3 amide bonds. The third kappa shape index (κ3) is 4.71. The van der Waals surface area contributed by atoms with Crippen LogP contribution in [0.25, 0.3) is 0 Å². The Morgan fingerprint density at radius 3 is 2.58 bits per heavy atom. The predicted molar refractivity (Wildman–Crippen MR) is 99.4 cm³/mol. The quantitative estimate of drug-likeness (QED) is 0.533. The van der Waals surface area contributed by atoms with Crippen LogP contribution >= 0.6 is 11.3 Å². The van der Waals surface area contributed by atoms with Crippen molar-refractivity contribution in [3.63, 3.8) is 0 Å². The van der Waals surface area contributed by atoms with E-state index in [4.69, 9.17) is 4.42 Å². The predicted octanol–water partition coefficient (Wildman–Crippen LogP) is 3.45. The zero-order valence-corrected chi connectivity index (χ0v) is 14.5. The lowest BCUT2D eigenvalue weighted by Gasteiger charge is -2.11. The van der Waals surface area contributed by atoms with E-state index in [1.54, 1.807) is 48.5 Å². The molecule has 2 aromatic heterocycles. The minimum absolute atomic E-state index is 0.00809. The number of carbonyl (C=O) groups is 2. The topological polar surface area (TPSA) is 104 Å². The van der Waals surface area contributed by atoms with Crippen molar-refractivity contribution in [2.45, 2.75) is 6.10 Å². The van der Waals surface area contributed by atoms with Gasteiger partial charge in [0.15, 0.2) is 0 Å². The van der Waals surface area contributed by atoms with E-state index >= 15 is 0 Å². The van der Waals surface area contributed by atoms with Gasteiger partial charge in [0.25, 0.3) is 5.91 Å². The first-order chi connectivity index (χ1) is 12.6. The molecule has 0 bridgehead atoms. The van der Waals surface area contributed by atoms with Gasteiger partial charge in [-0.1, -0.05) is 12.1 Å². The van der Waals surface area contributed by atoms with E-state index in [1.807, 2.05) is 5.38 Å². The second-order valence-corrected chi connectivity index (χ2v) is 6.33. The summed E-state index contributed by atoms with van der Waals surface area (Å²) in [4.78, 5) is 24.6. The average Bonchev–Trinajstić information content (AvgIpc) is 3.33. The van der Waals surface area contributed by atoms with Crippen LogP contribution in [0, 0.1) is 0 Å². The summed E-state index contributed by atoms with van der Waals surface area (Å²) in [5.74, 6) is 0.173. The van der Waals surface area contributed by atoms with Crippen molar-refractivity contribution >= 4 is 34.6 Å². The van der Waals surface area contributed by atoms with Crippen molar-refractivity contribution in [2.75, 3.05) is 17.2 Å². The van der Waals surface area contributed by atoms with Gasteiger partial charge in [0.1, 0.15) is 11.9 Å². The molecular weight excluding hydrogens is 354 g/mol. The number of anilines is 2. The standard InChI is InChI=1S/C18H17N3O4S/c22-14(15-6-2-8-25-15)11-19-18(24)21-13-5-1-4-12(10-13)20-17(23)16-7-3-9-26-16/h1-10,14,22H,11H2,(H,20,23)(H2,19,21,24). The van der Waals surface area contributed by atoms with Crippen LogP contribution in [-0.4, -0.2) is 23.6 Å². The van der Waals surface area contributed by atoms with Gasteiger partial charge in [-0.3, -0.25) is 4.79 Å². The molecule has 0 saturated carbocycles. The molecule has 0 radical (unpaired) electrons. The van der Waals surface area contributed by atoms with Crippen LogP contribution in [0.15, 0.2) is 64.6 Å². The summed E-state index contributed by atoms with van der Waals surface area (Å²) in [7, 11) is 0. The molecule has 0 spiro atoms. The Hall–Kier alpha value is -3.10. The Kier molecular flexibility index (Phi) is 5.67. The molecule has 3 aromatic rings. The Balaban J connectivity index is 1.53. The van der Waals surface area contributed by atoms with E-state index in [0.29, 0.717) is 22.0 Å². The molecule has 1 unspecified atom stereocenters. The third-order valence-corrected chi connectivity index (χ3v) is 4.32. The molecule has 3 rings (SSSR count). The number of aliphatic hydroxyl groups excluding tert-OH is 1. The maximum absolute atomic E-state index is 12.1. The van der Waals surface area contributed by atoms with Crippen molar-refractivity contribution in [1.82, 2.24) is 5.32 Å². The van der Waals surface area contributed by atoms with E-state index in [0.717, 1.165) is 0 Å². The highest BCUT2D eigenvalue weighted by molar-refractivity contribution is 7.12. The molecule has 26 heavy (non-hydrogen) atoms. The van der Waals surface area contributed by atoms with Gasteiger partial charge in [0.2, 0.25) is 0 Å². The number of hydrogen-bond acceptors (Lipinski definition) is 5. The molecule has 0 saturated heterocycles. The zero-order chi connectivity index (χ0) is 18.4. The number of benzene rings is 1. The van der Waals surface area contributed by atoms with E-state index in [2.05, 4.69) is 16.0 Å². The highest BCUT2D eigenvalue weighted by Crippen LogP contribution is 2.18. The average molecular weight is 371 g/mol. The first-order valence-electron chi connectivity index (χ1n) is 7.83. The van der Waals surface area contributed by atoms with Crippen LogP contribution in [0.4, 0.5) is 16.2 Å². The third-order valence-electron chi connectivity index (χ3n) is 3.45. The fraction of sp³-hybridized carbons (Fsp3) is 0.111. The molecule has 8 heteroatoms. The molecule has 0 fully saturated rings. The van der Waals surface area contributed by atoms with Crippen LogP contribution < -0.4 is 16.0 Å². The summed E-state index contributed by atoms with van der Waals surface area (Å²) >= 11 is 1.35. The molecule has 0 aliphatic rings. The number of carbonyl (C=O) groups excluding carboxylic acids is 2. The minimum atomic E-state index is -0.924. The van der Waals surface area contributed by atoms with Crippen molar-refractivity contribution in [3.05, 3.63) is 70.8 Å². The molecule has 0 aliphatic heterocycles. The van der Waals surface area contributed by atoms with Crippen molar-refractivity contribution in [1.29, 1.82) is 0 Å². The second-order valence-electron chi connectivity index (χ2n) is 5.38. The Labute approximate surface area is 153 Å². The van der Waals surface area contributed by atoms with E-state index in [9.17, 15) is 14.7 Å². The van der Waals surface area contributed by atoms with Crippen LogP contribution in [0.3, 0.4) is 0 Å². The summed E-state index contributed by atoms with van der Waals surface area (Å²) in [5, 5.41) is 19.7. The highest BCUT2D eigenvalue weighted by atomic mass is 32.1. The Morgan fingerprint density at radius 2 is 1.88 bits per heavy atom. The molecule has 4 N–H and O–H groups in total. The lowest BCUT2D eigenvalue weighted by atomic mass is 10.2. The normalized spacial score (nSPS) is 11.6. The number of thiophene rings is 1. The van der Waals surface area contributed by atoms with Gasteiger partial charge in [-0.05, 0) is 41.8 Å². The largest absolute Gasteiger partial charge is 0.467 e. The van der Waals surface area contributed by atoms with Crippen molar-refractivity contribution in [3.8, 4) is 0 Å². The number of nitrogens with one attached hydrogen (secondary N) is 3. The number of amides is 3. The zero-order valence-electron chi connectivity index (χ0n) is 13.6. The summed E-state index contributed by atoms with van der Waals surface area (Å²) in [5.41, 5.74) is 1.08. The lowest BCUT2D eigenvalue weighted by Crippen LogP contribution is -2.32. The highest BCUT2D eigenvalue weighted by Gasteiger charge is 2.12. The number of rotatable bonds is 6. The number of aliphatic hydroxyl groups is 1. The first kappa shape index (κ1) is 17.7. The lowest BCUT2D eigenvalue weighted by molar-refractivity contribution is 0.103. The number of furan rings is 1. The fourth-order valence-corrected chi connectivity index (χ4v) is 2.84. The SMILES string of the molecule is O=C(NCC(O)c1ccco1)Nc1cccc(NC(=O)c2cccs2)c1. The molecule has 2 heterocycles. The fourth-order valence-electron chi connectivity index (χ4n) is 2.22. The maximum atomic E-state index is 12.1. The van der Waals surface area contributed by atoms with Gasteiger partial charge in [0.05, 0.1) is 17.7 Å².